The third-order valence-corrected chi connectivity index (χ3v) is 5.71. The summed E-state index contributed by atoms with van der Waals surface area (Å²) in [4.78, 5) is 38.8. The Morgan fingerprint density at radius 2 is 1.81 bits per heavy atom. The average molecular weight is 424 g/mol. The van der Waals surface area contributed by atoms with Gasteiger partial charge in [-0.05, 0) is 35.7 Å². The maximum absolute atomic E-state index is 13.1. The molecule has 2 atom stereocenters. The lowest BCUT2D eigenvalue weighted by Crippen LogP contribution is -2.49. The van der Waals surface area contributed by atoms with Crippen molar-refractivity contribution in [2.75, 3.05) is 26.8 Å². The lowest BCUT2D eigenvalue weighted by Gasteiger charge is -2.34. The van der Waals surface area contributed by atoms with Gasteiger partial charge in [0, 0.05) is 32.4 Å². The minimum atomic E-state index is -0.405. The Hall–Kier alpha value is -2.99. The van der Waals surface area contributed by atoms with Crippen LogP contribution in [0.3, 0.4) is 0 Å². The minimum Gasteiger partial charge on any atom is -0.492 e. The van der Waals surface area contributed by atoms with E-state index in [1.165, 1.54) is 7.11 Å². The smallest absolute Gasteiger partial charge is 0.337 e. The average Bonchev–Trinajstić information content (AvgIpc) is 2.80. The van der Waals surface area contributed by atoms with Crippen molar-refractivity contribution in [2.45, 2.75) is 38.1 Å². The highest BCUT2D eigenvalue weighted by molar-refractivity contribution is 5.92. The molecular formula is C25H29NO5. The maximum atomic E-state index is 13.1. The lowest BCUT2D eigenvalue weighted by molar-refractivity contribution is -0.133. The number of Topliss-reactive ketones (excluding diaryl/α,β-unsaturated/α-hetero) is 2. The fraction of sp³-hybridized carbons (Fsp3) is 0.400. The van der Waals surface area contributed by atoms with E-state index in [4.69, 9.17) is 9.47 Å². The first-order valence-corrected chi connectivity index (χ1v) is 10.6. The molecule has 1 fully saturated rings. The number of carbonyl (C=O) groups excluding carboxylic acids is 3. The fourth-order valence-corrected chi connectivity index (χ4v) is 3.87. The van der Waals surface area contributed by atoms with Gasteiger partial charge in [-0.3, -0.25) is 14.5 Å². The standard InChI is InChI=1S/C25H29NO5/c1-18(19-8-10-20(11-9-19)25(29)30-2)16-24(28)23-17-21(27)12-13-26(23)14-15-31-22-6-4-3-5-7-22/h3-11,18,23H,12-17H2,1-2H3/t18-,23-/m1/s1. The van der Waals surface area contributed by atoms with Gasteiger partial charge in [-0.15, -0.1) is 0 Å². The molecule has 0 radical (unpaired) electrons. The topological polar surface area (TPSA) is 72.9 Å². The number of ether oxygens (including phenoxy) is 2. The van der Waals surface area contributed by atoms with Crippen LogP contribution in [-0.2, 0) is 14.3 Å². The van der Waals surface area contributed by atoms with Crippen LogP contribution in [0.1, 0.15) is 48.0 Å². The summed E-state index contributed by atoms with van der Waals surface area (Å²) in [7, 11) is 1.35. The number of methoxy groups -OCH3 is 1. The summed E-state index contributed by atoms with van der Waals surface area (Å²) in [6.45, 7) is 3.63. The largest absolute Gasteiger partial charge is 0.492 e. The highest BCUT2D eigenvalue weighted by Gasteiger charge is 2.32. The molecule has 1 saturated heterocycles. The number of para-hydroxylation sites is 1. The summed E-state index contributed by atoms with van der Waals surface area (Å²) in [5, 5.41) is 0. The second kappa shape index (κ2) is 10.9. The van der Waals surface area contributed by atoms with Gasteiger partial charge in [0.2, 0.25) is 0 Å². The first-order valence-electron chi connectivity index (χ1n) is 10.6. The van der Waals surface area contributed by atoms with Crippen molar-refractivity contribution in [1.82, 2.24) is 4.90 Å². The Kier molecular flexibility index (Phi) is 7.95. The molecule has 164 valence electrons. The van der Waals surface area contributed by atoms with Gasteiger partial charge in [0.25, 0.3) is 0 Å². The van der Waals surface area contributed by atoms with Crippen molar-refractivity contribution < 1.29 is 23.9 Å². The Bertz CT molecular complexity index is 894. The molecule has 6 nitrogen and oxygen atoms in total. The normalized spacial score (nSPS) is 17.7. The summed E-state index contributed by atoms with van der Waals surface area (Å²) < 4.78 is 10.5. The number of ketones is 2. The molecule has 1 aliphatic rings. The molecule has 0 bridgehead atoms. The van der Waals surface area contributed by atoms with Gasteiger partial charge in [0.05, 0.1) is 18.7 Å². The molecule has 2 aromatic rings. The maximum Gasteiger partial charge on any atom is 0.337 e. The van der Waals surface area contributed by atoms with E-state index in [1.807, 2.05) is 49.4 Å². The number of esters is 1. The van der Waals surface area contributed by atoms with Crippen LogP contribution in [0.5, 0.6) is 5.75 Å². The van der Waals surface area contributed by atoms with E-state index >= 15 is 0 Å². The quantitative estimate of drug-likeness (QED) is 0.574. The molecule has 0 spiro atoms. The summed E-state index contributed by atoms with van der Waals surface area (Å²) in [5.41, 5.74) is 1.45. The Morgan fingerprint density at radius 1 is 1.10 bits per heavy atom. The van der Waals surface area contributed by atoms with E-state index < -0.39 is 6.04 Å². The number of nitrogens with zero attached hydrogens (tertiary/aromatic N) is 1. The SMILES string of the molecule is COC(=O)c1ccc([C@H](C)CC(=O)[C@H]2CC(=O)CCN2CCOc2ccccc2)cc1. The number of benzene rings is 2. The van der Waals surface area contributed by atoms with Crippen LogP contribution in [0, 0.1) is 0 Å². The van der Waals surface area contributed by atoms with Gasteiger partial charge < -0.3 is 9.47 Å². The first-order chi connectivity index (χ1) is 15.0. The molecule has 0 amide bonds. The number of hydrogen-bond acceptors (Lipinski definition) is 6. The number of rotatable bonds is 9. The molecular weight excluding hydrogens is 394 g/mol. The van der Waals surface area contributed by atoms with Gasteiger partial charge in [0.1, 0.15) is 18.1 Å². The summed E-state index contributed by atoms with van der Waals surface area (Å²) >= 11 is 0. The zero-order chi connectivity index (χ0) is 22.2. The van der Waals surface area contributed by atoms with Crippen LogP contribution in [0.4, 0.5) is 0 Å². The first kappa shape index (κ1) is 22.7. The van der Waals surface area contributed by atoms with Crippen molar-refractivity contribution in [3.05, 3.63) is 65.7 Å². The Labute approximate surface area is 183 Å². The molecule has 0 N–H and O–H groups in total. The summed E-state index contributed by atoms with van der Waals surface area (Å²) in [6.07, 6.45) is 1.07. The van der Waals surface area contributed by atoms with Crippen molar-refractivity contribution in [3.63, 3.8) is 0 Å². The fourth-order valence-electron chi connectivity index (χ4n) is 3.87. The van der Waals surface area contributed by atoms with Crippen molar-refractivity contribution in [2.24, 2.45) is 0 Å². The van der Waals surface area contributed by atoms with Crippen LogP contribution in [0.15, 0.2) is 54.6 Å². The number of piperidine rings is 1. The molecule has 1 heterocycles. The highest BCUT2D eigenvalue weighted by Crippen LogP contribution is 2.24. The number of likely N-dealkylation sites (tertiary alicyclic amines) is 1. The zero-order valence-corrected chi connectivity index (χ0v) is 18.1. The van der Waals surface area contributed by atoms with E-state index in [0.717, 1.165) is 11.3 Å². The number of carbonyl (C=O) groups is 3. The van der Waals surface area contributed by atoms with E-state index in [-0.39, 0.29) is 29.9 Å². The van der Waals surface area contributed by atoms with E-state index in [0.29, 0.717) is 38.1 Å². The predicted octanol–water partition coefficient (Wildman–Crippen LogP) is 3.65. The van der Waals surface area contributed by atoms with Crippen LogP contribution >= 0.6 is 0 Å². The third-order valence-electron chi connectivity index (χ3n) is 5.71. The van der Waals surface area contributed by atoms with Crippen LogP contribution in [0.25, 0.3) is 0 Å². The highest BCUT2D eigenvalue weighted by atomic mass is 16.5. The molecule has 6 heteroatoms. The Balaban J connectivity index is 1.58. The van der Waals surface area contributed by atoms with Gasteiger partial charge in [-0.2, -0.15) is 0 Å². The third kappa shape index (κ3) is 6.25. The minimum absolute atomic E-state index is 0.0151. The van der Waals surface area contributed by atoms with Gasteiger partial charge in [0.15, 0.2) is 5.78 Å². The monoisotopic (exact) mass is 423 g/mol. The summed E-state index contributed by atoms with van der Waals surface area (Å²) in [5.74, 6) is 0.594. The van der Waals surface area contributed by atoms with Gasteiger partial charge in [-0.25, -0.2) is 4.79 Å². The lowest BCUT2D eigenvalue weighted by atomic mass is 9.89. The van der Waals surface area contributed by atoms with Crippen LogP contribution in [-0.4, -0.2) is 55.3 Å². The van der Waals surface area contributed by atoms with Crippen molar-refractivity contribution in [1.29, 1.82) is 0 Å². The molecule has 0 unspecified atom stereocenters. The van der Waals surface area contributed by atoms with E-state index in [9.17, 15) is 14.4 Å². The van der Waals surface area contributed by atoms with Gasteiger partial charge in [-0.1, -0.05) is 37.3 Å². The van der Waals surface area contributed by atoms with Gasteiger partial charge >= 0.3 is 5.97 Å². The molecule has 1 aliphatic heterocycles. The second-order valence-corrected chi connectivity index (χ2v) is 7.89. The molecule has 0 saturated carbocycles. The van der Waals surface area contributed by atoms with Crippen molar-refractivity contribution >= 4 is 17.5 Å². The van der Waals surface area contributed by atoms with Crippen molar-refractivity contribution in [3.8, 4) is 5.75 Å². The van der Waals surface area contributed by atoms with Crippen LogP contribution in [0.2, 0.25) is 0 Å². The molecule has 0 aromatic heterocycles. The molecule has 0 aliphatic carbocycles. The Morgan fingerprint density at radius 3 is 2.48 bits per heavy atom. The number of hydrogen-bond donors (Lipinski definition) is 0. The van der Waals surface area contributed by atoms with E-state index in [2.05, 4.69) is 4.90 Å². The second-order valence-electron chi connectivity index (χ2n) is 7.89. The predicted molar refractivity (Wildman–Crippen MR) is 117 cm³/mol. The van der Waals surface area contributed by atoms with E-state index in [1.54, 1.807) is 12.1 Å². The molecule has 2 aromatic carbocycles. The summed E-state index contributed by atoms with van der Waals surface area (Å²) in [6, 6.07) is 16.3. The molecule has 3 rings (SSSR count). The molecule has 31 heavy (non-hydrogen) atoms. The zero-order valence-electron chi connectivity index (χ0n) is 18.1. The van der Waals surface area contributed by atoms with Crippen LogP contribution < -0.4 is 4.74 Å².